The Labute approximate surface area is 127 Å². The van der Waals surface area contributed by atoms with E-state index in [2.05, 4.69) is 15.9 Å². The van der Waals surface area contributed by atoms with Gasteiger partial charge in [0.1, 0.15) is 0 Å². The van der Waals surface area contributed by atoms with Gasteiger partial charge in [-0.05, 0) is 34.5 Å². The molecule has 1 heterocycles. The average Bonchev–Trinajstić information content (AvgIpc) is 2.65. The lowest BCUT2D eigenvalue weighted by atomic mass is 10.4. The first-order valence-corrected chi connectivity index (χ1v) is 8.66. The highest BCUT2D eigenvalue weighted by Crippen LogP contribution is 2.25. The van der Waals surface area contributed by atoms with Crippen molar-refractivity contribution in [3.63, 3.8) is 0 Å². The summed E-state index contributed by atoms with van der Waals surface area (Å²) in [4.78, 5) is 13.3. The van der Waals surface area contributed by atoms with Gasteiger partial charge in [0.05, 0.1) is 4.90 Å². The Bertz CT molecular complexity index is 603. The standard InChI is InChI=1S/C13H17BrN2O3S/c1-11(17)15-7-4-8-16(10-9-15)20(18,19)13-6-3-2-5-12(13)14/h2-3,5-6H,4,7-10H2,1H3. The Morgan fingerprint density at radius 3 is 2.50 bits per heavy atom. The molecule has 0 aliphatic carbocycles. The van der Waals surface area contributed by atoms with Crippen LogP contribution in [0, 0.1) is 0 Å². The van der Waals surface area contributed by atoms with Gasteiger partial charge in [0.25, 0.3) is 0 Å². The highest BCUT2D eigenvalue weighted by atomic mass is 79.9. The number of benzene rings is 1. The number of carbonyl (C=O) groups is 1. The van der Waals surface area contributed by atoms with Crippen LogP contribution in [0.2, 0.25) is 0 Å². The summed E-state index contributed by atoms with van der Waals surface area (Å²) >= 11 is 3.28. The molecule has 1 amide bonds. The van der Waals surface area contributed by atoms with Crippen molar-refractivity contribution in [1.29, 1.82) is 0 Å². The molecular weight excluding hydrogens is 344 g/mol. The molecule has 1 aromatic carbocycles. The predicted octanol–water partition coefficient (Wildman–Crippen LogP) is 1.69. The minimum atomic E-state index is -3.52. The molecular formula is C13H17BrN2O3S. The predicted molar refractivity (Wildman–Crippen MR) is 79.8 cm³/mol. The fourth-order valence-corrected chi connectivity index (χ4v) is 4.68. The molecule has 2 rings (SSSR count). The molecule has 1 aliphatic heterocycles. The SMILES string of the molecule is CC(=O)N1CCCN(S(=O)(=O)c2ccccc2Br)CC1. The number of amides is 1. The molecule has 1 saturated heterocycles. The molecule has 0 atom stereocenters. The Balaban J connectivity index is 2.23. The van der Waals surface area contributed by atoms with E-state index in [4.69, 9.17) is 0 Å². The van der Waals surface area contributed by atoms with Gasteiger partial charge in [-0.3, -0.25) is 4.79 Å². The van der Waals surface area contributed by atoms with E-state index in [1.807, 2.05) is 0 Å². The van der Waals surface area contributed by atoms with E-state index in [1.165, 1.54) is 11.2 Å². The van der Waals surface area contributed by atoms with Crippen molar-refractivity contribution in [3.05, 3.63) is 28.7 Å². The summed E-state index contributed by atoms with van der Waals surface area (Å²) in [7, 11) is -3.52. The molecule has 1 aromatic rings. The summed E-state index contributed by atoms with van der Waals surface area (Å²) in [6.45, 7) is 3.34. The van der Waals surface area contributed by atoms with Crippen LogP contribution in [0.25, 0.3) is 0 Å². The molecule has 20 heavy (non-hydrogen) atoms. The van der Waals surface area contributed by atoms with Crippen molar-refractivity contribution in [3.8, 4) is 0 Å². The van der Waals surface area contributed by atoms with Gasteiger partial charge < -0.3 is 4.90 Å². The fourth-order valence-electron chi connectivity index (χ4n) is 2.24. The van der Waals surface area contributed by atoms with Crippen LogP contribution in [0.15, 0.2) is 33.6 Å². The number of hydrogen-bond donors (Lipinski definition) is 0. The van der Waals surface area contributed by atoms with Crippen molar-refractivity contribution in [1.82, 2.24) is 9.21 Å². The van der Waals surface area contributed by atoms with E-state index in [0.717, 1.165) is 0 Å². The summed E-state index contributed by atoms with van der Waals surface area (Å²) in [5, 5.41) is 0. The van der Waals surface area contributed by atoms with Crippen molar-refractivity contribution in [2.75, 3.05) is 26.2 Å². The van der Waals surface area contributed by atoms with E-state index in [0.29, 0.717) is 37.1 Å². The van der Waals surface area contributed by atoms with Crippen LogP contribution in [0.3, 0.4) is 0 Å². The Hall–Kier alpha value is -0.920. The number of sulfonamides is 1. The maximum atomic E-state index is 12.6. The normalized spacial score (nSPS) is 17.8. The van der Waals surface area contributed by atoms with Crippen molar-refractivity contribution in [2.24, 2.45) is 0 Å². The zero-order valence-electron chi connectivity index (χ0n) is 11.3. The largest absolute Gasteiger partial charge is 0.342 e. The summed E-state index contributed by atoms with van der Waals surface area (Å²) in [5.74, 6) is -0.00913. The van der Waals surface area contributed by atoms with Crippen molar-refractivity contribution < 1.29 is 13.2 Å². The van der Waals surface area contributed by atoms with Gasteiger partial charge in [0.2, 0.25) is 15.9 Å². The van der Waals surface area contributed by atoms with Gasteiger partial charge in [-0.1, -0.05) is 12.1 Å². The van der Waals surface area contributed by atoms with Gasteiger partial charge in [-0.2, -0.15) is 4.31 Å². The molecule has 5 nitrogen and oxygen atoms in total. The third kappa shape index (κ3) is 3.21. The number of hydrogen-bond acceptors (Lipinski definition) is 3. The molecule has 0 unspecified atom stereocenters. The fraction of sp³-hybridized carbons (Fsp3) is 0.462. The first-order chi connectivity index (χ1) is 9.43. The van der Waals surface area contributed by atoms with Crippen LogP contribution in [-0.2, 0) is 14.8 Å². The van der Waals surface area contributed by atoms with Crippen LogP contribution in [0.4, 0.5) is 0 Å². The summed E-state index contributed by atoms with van der Waals surface area (Å²) < 4.78 is 27.3. The highest BCUT2D eigenvalue weighted by molar-refractivity contribution is 9.10. The average molecular weight is 361 g/mol. The van der Waals surface area contributed by atoms with Crippen molar-refractivity contribution in [2.45, 2.75) is 18.2 Å². The van der Waals surface area contributed by atoms with Crippen LogP contribution in [0.1, 0.15) is 13.3 Å². The molecule has 1 fully saturated rings. The maximum absolute atomic E-state index is 12.6. The third-order valence-electron chi connectivity index (χ3n) is 3.35. The van der Waals surface area contributed by atoms with E-state index in [1.54, 1.807) is 29.2 Å². The minimum Gasteiger partial charge on any atom is -0.342 e. The number of halogens is 1. The van der Waals surface area contributed by atoms with Gasteiger partial charge in [0, 0.05) is 37.6 Å². The van der Waals surface area contributed by atoms with Gasteiger partial charge >= 0.3 is 0 Å². The smallest absolute Gasteiger partial charge is 0.244 e. The lowest BCUT2D eigenvalue weighted by Crippen LogP contribution is -2.36. The number of carbonyl (C=O) groups excluding carboxylic acids is 1. The quantitative estimate of drug-likeness (QED) is 0.806. The molecule has 7 heteroatoms. The Morgan fingerprint density at radius 1 is 1.15 bits per heavy atom. The van der Waals surface area contributed by atoms with Crippen LogP contribution in [0.5, 0.6) is 0 Å². The number of rotatable bonds is 2. The van der Waals surface area contributed by atoms with Gasteiger partial charge in [0.15, 0.2) is 0 Å². The van der Waals surface area contributed by atoms with Gasteiger partial charge in [-0.15, -0.1) is 0 Å². The minimum absolute atomic E-state index is 0.00913. The molecule has 0 N–H and O–H groups in total. The zero-order chi connectivity index (χ0) is 14.8. The van der Waals surface area contributed by atoms with Crippen molar-refractivity contribution >= 4 is 31.9 Å². The Kier molecular flexibility index (Phi) is 4.82. The topological polar surface area (TPSA) is 57.7 Å². The van der Waals surface area contributed by atoms with E-state index < -0.39 is 10.0 Å². The zero-order valence-corrected chi connectivity index (χ0v) is 13.7. The molecule has 0 bridgehead atoms. The number of nitrogens with zero attached hydrogens (tertiary/aromatic N) is 2. The summed E-state index contributed by atoms with van der Waals surface area (Å²) in [5.41, 5.74) is 0. The molecule has 110 valence electrons. The maximum Gasteiger partial charge on any atom is 0.244 e. The summed E-state index contributed by atoms with van der Waals surface area (Å²) in [6.07, 6.45) is 0.656. The second-order valence-electron chi connectivity index (χ2n) is 4.69. The van der Waals surface area contributed by atoms with E-state index in [9.17, 15) is 13.2 Å². The third-order valence-corrected chi connectivity index (χ3v) is 6.27. The molecule has 0 aromatic heterocycles. The second kappa shape index (κ2) is 6.24. The van der Waals surface area contributed by atoms with Crippen LogP contribution >= 0.6 is 15.9 Å². The summed E-state index contributed by atoms with van der Waals surface area (Å²) in [6, 6.07) is 6.79. The second-order valence-corrected chi connectivity index (χ2v) is 7.45. The molecule has 0 saturated carbocycles. The van der Waals surface area contributed by atoms with Crippen LogP contribution < -0.4 is 0 Å². The highest BCUT2D eigenvalue weighted by Gasteiger charge is 2.28. The first-order valence-electron chi connectivity index (χ1n) is 6.43. The molecule has 0 spiro atoms. The first kappa shape index (κ1) is 15.5. The lowest BCUT2D eigenvalue weighted by molar-refractivity contribution is -0.128. The Morgan fingerprint density at radius 2 is 1.85 bits per heavy atom. The van der Waals surface area contributed by atoms with E-state index >= 15 is 0 Å². The van der Waals surface area contributed by atoms with E-state index in [-0.39, 0.29) is 10.8 Å². The lowest BCUT2D eigenvalue weighted by Gasteiger charge is -2.21. The molecule has 0 radical (unpaired) electrons. The van der Waals surface area contributed by atoms with Crippen LogP contribution in [-0.4, -0.2) is 49.7 Å². The monoisotopic (exact) mass is 360 g/mol. The van der Waals surface area contributed by atoms with Gasteiger partial charge in [-0.25, -0.2) is 8.42 Å². The molecule has 1 aliphatic rings.